The van der Waals surface area contributed by atoms with E-state index >= 15 is 0 Å². The number of hydrogen-bond donors (Lipinski definition) is 3. The van der Waals surface area contributed by atoms with Crippen LogP contribution in [-0.4, -0.2) is 58.6 Å². The van der Waals surface area contributed by atoms with E-state index in [2.05, 4.69) is 22.4 Å². The van der Waals surface area contributed by atoms with Gasteiger partial charge in [0.05, 0.1) is 30.3 Å². The maximum absolute atomic E-state index is 13.0. The van der Waals surface area contributed by atoms with E-state index in [4.69, 9.17) is 14.4 Å². The number of rotatable bonds is 8. The average Bonchev–Trinajstić information content (AvgIpc) is 3.63. The summed E-state index contributed by atoms with van der Waals surface area (Å²) in [7, 11) is 0. The zero-order valence-corrected chi connectivity index (χ0v) is 21.3. The highest BCUT2D eigenvalue weighted by molar-refractivity contribution is 5.96. The Morgan fingerprint density at radius 3 is 2.62 bits per heavy atom. The molecule has 1 fully saturated rings. The van der Waals surface area contributed by atoms with Crippen LogP contribution in [0.2, 0.25) is 0 Å². The maximum atomic E-state index is 13.0. The minimum absolute atomic E-state index is 0.0237. The van der Waals surface area contributed by atoms with Crippen molar-refractivity contribution in [1.29, 1.82) is 0 Å². The van der Waals surface area contributed by atoms with Crippen molar-refractivity contribution in [3.05, 3.63) is 95.6 Å². The van der Waals surface area contributed by atoms with Crippen molar-refractivity contribution < 1.29 is 28.7 Å². The number of hydrogen-bond acceptors (Lipinski definition) is 7. The Kier molecular flexibility index (Phi) is 7.55. The normalized spacial score (nSPS) is 16.7. The Bertz CT molecular complexity index is 1490. The van der Waals surface area contributed by atoms with Crippen LogP contribution in [-0.2, 0) is 11.2 Å². The van der Waals surface area contributed by atoms with Gasteiger partial charge in [0, 0.05) is 36.2 Å². The molecule has 2 aromatic carbocycles. The number of nitrogens with one attached hydrogen (secondary N) is 2. The summed E-state index contributed by atoms with van der Waals surface area (Å²) in [6.07, 6.45) is 2.09. The zero-order chi connectivity index (χ0) is 27.4. The third kappa shape index (κ3) is 5.75. The van der Waals surface area contributed by atoms with Crippen LogP contribution in [0.25, 0.3) is 10.9 Å². The van der Waals surface area contributed by atoms with Crippen molar-refractivity contribution in [3.8, 4) is 5.75 Å². The third-order valence-electron chi connectivity index (χ3n) is 6.79. The molecular weight excluding hydrogens is 500 g/mol. The molecule has 2 aromatic heterocycles. The second-order valence-corrected chi connectivity index (χ2v) is 9.41. The van der Waals surface area contributed by atoms with E-state index in [0.717, 1.165) is 22.2 Å². The molecular formula is C29H28N4O6. The van der Waals surface area contributed by atoms with Crippen LogP contribution in [0.1, 0.15) is 32.2 Å². The zero-order valence-electron chi connectivity index (χ0n) is 21.3. The van der Waals surface area contributed by atoms with E-state index in [1.807, 2.05) is 25.1 Å². The summed E-state index contributed by atoms with van der Waals surface area (Å²) in [6.45, 7) is 2.54. The van der Waals surface area contributed by atoms with Crippen molar-refractivity contribution in [1.82, 2.24) is 20.7 Å². The lowest BCUT2D eigenvalue weighted by Crippen LogP contribution is -2.45. The summed E-state index contributed by atoms with van der Waals surface area (Å²) in [5.41, 5.74) is 5.06. The number of aryl methyl sites for hydroxylation is 1. The van der Waals surface area contributed by atoms with Crippen LogP contribution in [0.4, 0.5) is 0 Å². The Balaban J connectivity index is 1.19. The van der Waals surface area contributed by atoms with Crippen LogP contribution < -0.4 is 15.5 Å². The van der Waals surface area contributed by atoms with Gasteiger partial charge in [-0.05, 0) is 61.0 Å². The molecule has 1 aliphatic heterocycles. The number of para-hydroxylation sites is 1. The Morgan fingerprint density at radius 2 is 1.87 bits per heavy atom. The van der Waals surface area contributed by atoms with Gasteiger partial charge >= 0.3 is 0 Å². The molecule has 0 aliphatic carbocycles. The summed E-state index contributed by atoms with van der Waals surface area (Å²) < 4.78 is 11.1. The number of carbonyl (C=O) groups excluding carboxylic acids is 3. The summed E-state index contributed by atoms with van der Waals surface area (Å²) in [4.78, 5) is 43.8. The van der Waals surface area contributed by atoms with Gasteiger partial charge in [0.15, 0.2) is 5.76 Å². The van der Waals surface area contributed by atoms with Crippen molar-refractivity contribution in [3.63, 3.8) is 0 Å². The second kappa shape index (κ2) is 11.4. The SMILES string of the molecule is Cc1cc(CCOc2ccc(C(=O)N[C@@H]3CN(C(=O)c4ccco4)C[C@@H]3C(=O)NO)cc2)c2ccccc2n1. The first kappa shape index (κ1) is 25.9. The number of carbonyl (C=O) groups is 3. The molecule has 1 aliphatic rings. The van der Waals surface area contributed by atoms with Crippen LogP contribution >= 0.6 is 0 Å². The van der Waals surface area contributed by atoms with Crippen LogP contribution in [0.15, 0.2) is 77.4 Å². The summed E-state index contributed by atoms with van der Waals surface area (Å²) in [6, 6.07) is 19.2. The molecule has 3 heterocycles. The third-order valence-corrected chi connectivity index (χ3v) is 6.79. The van der Waals surface area contributed by atoms with Crippen LogP contribution in [0.3, 0.4) is 0 Å². The van der Waals surface area contributed by atoms with Crippen molar-refractivity contribution in [2.45, 2.75) is 19.4 Å². The lowest BCUT2D eigenvalue weighted by Gasteiger charge is -2.18. The molecule has 0 radical (unpaired) electrons. The number of aromatic nitrogens is 1. The fourth-order valence-corrected chi connectivity index (χ4v) is 4.86. The summed E-state index contributed by atoms with van der Waals surface area (Å²) in [5, 5.41) is 13.1. The van der Waals surface area contributed by atoms with Crippen LogP contribution in [0.5, 0.6) is 5.75 Å². The minimum atomic E-state index is -0.826. The maximum Gasteiger partial charge on any atom is 0.289 e. The number of furan rings is 1. The number of hydroxylamine groups is 1. The van der Waals surface area contributed by atoms with E-state index in [-0.39, 0.29) is 18.8 Å². The van der Waals surface area contributed by atoms with E-state index < -0.39 is 29.7 Å². The fraction of sp³-hybridized carbons (Fsp3) is 0.241. The highest BCUT2D eigenvalue weighted by Gasteiger charge is 2.41. The number of pyridine rings is 1. The van der Waals surface area contributed by atoms with Gasteiger partial charge in [-0.1, -0.05) is 18.2 Å². The van der Waals surface area contributed by atoms with Gasteiger partial charge in [-0.15, -0.1) is 0 Å². The first-order valence-corrected chi connectivity index (χ1v) is 12.6. The van der Waals surface area contributed by atoms with Gasteiger partial charge in [0.25, 0.3) is 11.8 Å². The lowest BCUT2D eigenvalue weighted by molar-refractivity contribution is -0.133. The molecule has 5 rings (SSSR count). The number of benzene rings is 2. The quantitative estimate of drug-likeness (QED) is 0.236. The van der Waals surface area contributed by atoms with Crippen LogP contribution in [0, 0.1) is 12.8 Å². The summed E-state index contributed by atoms with van der Waals surface area (Å²) in [5.74, 6) is -1.57. The van der Waals surface area contributed by atoms with Gasteiger partial charge in [0.2, 0.25) is 5.91 Å². The molecule has 200 valence electrons. The number of fused-ring (bicyclic) bond motifs is 1. The molecule has 4 aromatic rings. The van der Waals surface area contributed by atoms with E-state index in [9.17, 15) is 14.4 Å². The van der Waals surface area contributed by atoms with Crippen molar-refractivity contribution in [2.24, 2.45) is 5.92 Å². The number of likely N-dealkylation sites (tertiary alicyclic amines) is 1. The highest BCUT2D eigenvalue weighted by atomic mass is 16.5. The molecule has 0 bridgehead atoms. The van der Waals surface area contributed by atoms with E-state index in [0.29, 0.717) is 24.3 Å². The number of ether oxygens (including phenoxy) is 1. The number of nitrogens with zero attached hydrogens (tertiary/aromatic N) is 2. The van der Waals surface area contributed by atoms with Gasteiger partial charge < -0.3 is 19.4 Å². The smallest absolute Gasteiger partial charge is 0.289 e. The largest absolute Gasteiger partial charge is 0.493 e. The molecule has 0 spiro atoms. The van der Waals surface area contributed by atoms with Gasteiger partial charge in [-0.25, -0.2) is 5.48 Å². The van der Waals surface area contributed by atoms with E-state index in [1.165, 1.54) is 17.2 Å². The fourth-order valence-electron chi connectivity index (χ4n) is 4.86. The van der Waals surface area contributed by atoms with Gasteiger partial charge in [-0.2, -0.15) is 0 Å². The van der Waals surface area contributed by atoms with Gasteiger partial charge in [-0.3, -0.25) is 24.6 Å². The van der Waals surface area contributed by atoms with Gasteiger partial charge in [0.1, 0.15) is 5.75 Å². The van der Waals surface area contributed by atoms with Crippen molar-refractivity contribution in [2.75, 3.05) is 19.7 Å². The molecule has 10 heteroatoms. The second-order valence-electron chi connectivity index (χ2n) is 9.41. The monoisotopic (exact) mass is 528 g/mol. The van der Waals surface area contributed by atoms with E-state index in [1.54, 1.807) is 35.8 Å². The molecule has 10 nitrogen and oxygen atoms in total. The topological polar surface area (TPSA) is 134 Å². The molecule has 39 heavy (non-hydrogen) atoms. The molecule has 0 saturated carbocycles. The molecule has 3 amide bonds. The molecule has 3 N–H and O–H groups in total. The first-order valence-electron chi connectivity index (χ1n) is 12.6. The Morgan fingerprint density at radius 1 is 1.08 bits per heavy atom. The predicted octanol–water partition coefficient (Wildman–Crippen LogP) is 3.13. The predicted molar refractivity (Wildman–Crippen MR) is 141 cm³/mol. The average molecular weight is 529 g/mol. The number of amides is 3. The molecule has 1 saturated heterocycles. The molecule has 0 unspecified atom stereocenters. The van der Waals surface area contributed by atoms with Crippen molar-refractivity contribution >= 4 is 28.6 Å². The Hall–Kier alpha value is -4.70. The first-order chi connectivity index (χ1) is 18.9. The standard InChI is InChI=1S/C29H28N4O6/c1-18-15-20(22-5-2-3-6-24(22)30-18)12-14-38-21-10-8-19(9-11-21)27(34)31-25-17-33(16-23(25)28(35)32-37)29(36)26-7-4-13-39-26/h2-11,13,15,23,25,37H,12,14,16-17H2,1H3,(H,31,34)(H,32,35)/t23-,25+/m0/s1. The minimum Gasteiger partial charge on any atom is -0.493 e. The Labute approximate surface area is 224 Å². The lowest BCUT2D eigenvalue weighted by atomic mass is 10.0. The molecule has 2 atom stereocenters. The highest BCUT2D eigenvalue weighted by Crippen LogP contribution is 2.22. The summed E-state index contributed by atoms with van der Waals surface area (Å²) >= 11 is 0.